The molecule has 6 nitrogen and oxygen atoms in total. The minimum atomic E-state index is -0.972. The average molecular weight is 244 g/mol. The van der Waals surface area contributed by atoms with Gasteiger partial charge in [-0.05, 0) is 6.42 Å². The van der Waals surface area contributed by atoms with E-state index in [0.717, 1.165) is 12.8 Å². The van der Waals surface area contributed by atoms with Crippen molar-refractivity contribution in [2.45, 2.75) is 32.2 Å². The first kappa shape index (κ1) is 13.8. The van der Waals surface area contributed by atoms with Crippen molar-refractivity contribution in [2.24, 2.45) is 0 Å². The fraction of sp³-hybridized carbons (Fsp3) is 0.818. The van der Waals surface area contributed by atoms with E-state index >= 15 is 0 Å². The van der Waals surface area contributed by atoms with Crippen LogP contribution in [0.15, 0.2) is 0 Å². The highest BCUT2D eigenvalue weighted by molar-refractivity contribution is 5.82. The van der Waals surface area contributed by atoms with Gasteiger partial charge in [-0.25, -0.2) is 9.59 Å². The topological polar surface area (TPSA) is 78.9 Å². The molecule has 17 heavy (non-hydrogen) atoms. The van der Waals surface area contributed by atoms with Crippen molar-refractivity contribution in [2.75, 3.05) is 26.3 Å². The fourth-order valence-electron chi connectivity index (χ4n) is 1.67. The van der Waals surface area contributed by atoms with Crippen LogP contribution in [0.4, 0.5) is 4.79 Å². The van der Waals surface area contributed by atoms with Crippen LogP contribution in [0.25, 0.3) is 0 Å². The number of amides is 2. The third-order valence-electron chi connectivity index (χ3n) is 2.74. The average Bonchev–Trinajstić information content (AvgIpc) is 2.35. The second kappa shape index (κ2) is 7.11. The Bertz CT molecular complexity index is 264. The van der Waals surface area contributed by atoms with Crippen molar-refractivity contribution in [1.82, 2.24) is 10.2 Å². The summed E-state index contributed by atoms with van der Waals surface area (Å²) in [5.41, 5.74) is 0. The Hall–Kier alpha value is -1.30. The van der Waals surface area contributed by atoms with Crippen molar-refractivity contribution >= 4 is 12.0 Å². The second-order valence-corrected chi connectivity index (χ2v) is 4.08. The number of morpholine rings is 1. The predicted molar refractivity (Wildman–Crippen MR) is 61.9 cm³/mol. The fourth-order valence-corrected chi connectivity index (χ4v) is 1.67. The number of carboxylic acid groups (broad SMARTS) is 1. The normalized spacial score (nSPS) is 17.6. The Morgan fingerprint density at radius 3 is 2.59 bits per heavy atom. The number of carbonyl (C=O) groups is 2. The predicted octanol–water partition coefficient (Wildman–Crippen LogP) is 0.672. The Kier molecular flexibility index (Phi) is 5.76. The first-order valence-electron chi connectivity index (χ1n) is 6.01. The minimum absolute atomic E-state index is 0.309. The van der Waals surface area contributed by atoms with E-state index in [-0.39, 0.29) is 6.03 Å². The van der Waals surface area contributed by atoms with E-state index in [0.29, 0.717) is 32.7 Å². The van der Waals surface area contributed by atoms with Gasteiger partial charge in [0.1, 0.15) is 6.04 Å². The second-order valence-electron chi connectivity index (χ2n) is 4.08. The van der Waals surface area contributed by atoms with Crippen LogP contribution >= 0.6 is 0 Å². The van der Waals surface area contributed by atoms with Crippen LogP contribution in [-0.4, -0.2) is 54.4 Å². The Labute approximate surface area is 101 Å². The maximum absolute atomic E-state index is 11.8. The number of urea groups is 1. The molecule has 1 atom stereocenters. The number of unbranched alkanes of at least 4 members (excludes halogenated alkanes) is 1. The molecule has 0 aromatic rings. The van der Waals surface area contributed by atoms with Crippen molar-refractivity contribution in [3.8, 4) is 0 Å². The molecule has 2 amide bonds. The van der Waals surface area contributed by atoms with Crippen molar-refractivity contribution in [1.29, 1.82) is 0 Å². The molecular weight excluding hydrogens is 224 g/mol. The van der Waals surface area contributed by atoms with E-state index in [1.165, 1.54) is 0 Å². The number of aliphatic carboxylic acids is 1. The number of carboxylic acids is 1. The van der Waals surface area contributed by atoms with E-state index in [1.54, 1.807) is 4.90 Å². The van der Waals surface area contributed by atoms with Gasteiger partial charge < -0.3 is 20.1 Å². The number of hydrogen-bond acceptors (Lipinski definition) is 3. The van der Waals surface area contributed by atoms with E-state index in [2.05, 4.69) is 5.32 Å². The highest BCUT2D eigenvalue weighted by Gasteiger charge is 2.23. The summed E-state index contributed by atoms with van der Waals surface area (Å²) in [6.07, 6.45) is 2.18. The summed E-state index contributed by atoms with van der Waals surface area (Å²) in [6.45, 7) is 4.06. The molecule has 2 N–H and O–H groups in total. The number of rotatable bonds is 5. The van der Waals surface area contributed by atoms with Gasteiger partial charge in [-0.15, -0.1) is 0 Å². The summed E-state index contributed by atoms with van der Waals surface area (Å²) in [4.78, 5) is 24.3. The summed E-state index contributed by atoms with van der Waals surface area (Å²) >= 11 is 0. The quantitative estimate of drug-likeness (QED) is 0.745. The Balaban J connectivity index is 2.42. The van der Waals surface area contributed by atoms with E-state index in [4.69, 9.17) is 9.84 Å². The van der Waals surface area contributed by atoms with Crippen LogP contribution in [0.2, 0.25) is 0 Å². The molecule has 0 saturated carbocycles. The molecule has 0 aromatic heterocycles. The van der Waals surface area contributed by atoms with Crippen molar-refractivity contribution in [3.05, 3.63) is 0 Å². The molecule has 1 saturated heterocycles. The van der Waals surface area contributed by atoms with Crippen LogP contribution < -0.4 is 5.32 Å². The molecule has 0 radical (unpaired) electrons. The van der Waals surface area contributed by atoms with Gasteiger partial charge in [0.2, 0.25) is 0 Å². The summed E-state index contributed by atoms with van der Waals surface area (Å²) in [6, 6.07) is -1.10. The van der Waals surface area contributed by atoms with Crippen LogP contribution in [0.5, 0.6) is 0 Å². The largest absolute Gasteiger partial charge is 0.480 e. The Morgan fingerprint density at radius 2 is 2.06 bits per heavy atom. The SMILES string of the molecule is CCCC[C@H](NC(=O)N1CCOCC1)C(=O)O. The zero-order valence-corrected chi connectivity index (χ0v) is 10.1. The van der Waals surface area contributed by atoms with Crippen LogP contribution in [0.3, 0.4) is 0 Å². The molecule has 0 spiro atoms. The molecule has 0 bridgehead atoms. The summed E-state index contributed by atoms with van der Waals surface area (Å²) in [5, 5.41) is 11.5. The molecule has 0 unspecified atom stereocenters. The molecule has 1 aliphatic heterocycles. The van der Waals surface area contributed by atoms with Crippen LogP contribution in [0, 0.1) is 0 Å². The minimum Gasteiger partial charge on any atom is -0.480 e. The number of carbonyl (C=O) groups excluding carboxylic acids is 1. The highest BCUT2D eigenvalue weighted by Crippen LogP contribution is 2.03. The standard InChI is InChI=1S/C11H20N2O4/c1-2-3-4-9(10(14)15)12-11(16)13-5-7-17-8-6-13/h9H,2-8H2,1H3,(H,12,16)(H,14,15)/t9-/m0/s1. The molecule has 1 heterocycles. The molecule has 1 rings (SSSR count). The van der Waals surface area contributed by atoms with E-state index < -0.39 is 12.0 Å². The zero-order chi connectivity index (χ0) is 12.7. The van der Waals surface area contributed by atoms with Gasteiger partial charge >= 0.3 is 12.0 Å². The maximum Gasteiger partial charge on any atom is 0.326 e. The number of hydrogen-bond donors (Lipinski definition) is 2. The monoisotopic (exact) mass is 244 g/mol. The summed E-state index contributed by atoms with van der Waals surface area (Å²) in [5.74, 6) is -0.972. The van der Waals surface area contributed by atoms with Crippen molar-refractivity contribution in [3.63, 3.8) is 0 Å². The molecule has 1 aliphatic rings. The molecule has 98 valence electrons. The van der Waals surface area contributed by atoms with Gasteiger partial charge in [0.05, 0.1) is 13.2 Å². The van der Waals surface area contributed by atoms with Crippen LogP contribution in [-0.2, 0) is 9.53 Å². The van der Waals surface area contributed by atoms with Gasteiger partial charge in [-0.2, -0.15) is 0 Å². The molecular formula is C11H20N2O4. The number of nitrogens with one attached hydrogen (secondary N) is 1. The summed E-state index contributed by atoms with van der Waals surface area (Å²) in [7, 11) is 0. The van der Waals surface area contributed by atoms with Crippen molar-refractivity contribution < 1.29 is 19.4 Å². The highest BCUT2D eigenvalue weighted by atomic mass is 16.5. The van der Waals surface area contributed by atoms with Gasteiger partial charge in [-0.1, -0.05) is 19.8 Å². The smallest absolute Gasteiger partial charge is 0.326 e. The van der Waals surface area contributed by atoms with E-state index in [9.17, 15) is 9.59 Å². The number of ether oxygens (including phenoxy) is 1. The lowest BCUT2D eigenvalue weighted by atomic mass is 10.1. The molecule has 0 aromatic carbocycles. The van der Waals surface area contributed by atoms with Crippen LogP contribution in [0.1, 0.15) is 26.2 Å². The first-order chi connectivity index (χ1) is 8.15. The molecule has 6 heteroatoms. The van der Waals surface area contributed by atoms with Gasteiger partial charge in [0.15, 0.2) is 0 Å². The van der Waals surface area contributed by atoms with Gasteiger partial charge in [0, 0.05) is 13.1 Å². The third-order valence-corrected chi connectivity index (χ3v) is 2.74. The van der Waals surface area contributed by atoms with E-state index in [1.807, 2.05) is 6.92 Å². The first-order valence-corrected chi connectivity index (χ1v) is 6.01. The lowest BCUT2D eigenvalue weighted by Gasteiger charge is -2.28. The third kappa shape index (κ3) is 4.60. The number of nitrogens with zero attached hydrogens (tertiary/aromatic N) is 1. The summed E-state index contributed by atoms with van der Waals surface area (Å²) < 4.78 is 5.13. The Morgan fingerprint density at radius 1 is 1.41 bits per heavy atom. The lowest BCUT2D eigenvalue weighted by molar-refractivity contribution is -0.139. The molecule has 0 aliphatic carbocycles. The maximum atomic E-state index is 11.8. The zero-order valence-electron chi connectivity index (χ0n) is 10.1. The molecule has 1 fully saturated rings. The lowest BCUT2D eigenvalue weighted by Crippen LogP contribution is -2.51. The van der Waals surface area contributed by atoms with Gasteiger partial charge in [-0.3, -0.25) is 0 Å². The van der Waals surface area contributed by atoms with Gasteiger partial charge in [0.25, 0.3) is 0 Å².